The fourth-order valence-corrected chi connectivity index (χ4v) is 7.68. The van der Waals surface area contributed by atoms with Crippen molar-refractivity contribution >= 4 is 40.2 Å². The number of amides is 4. The van der Waals surface area contributed by atoms with Crippen LogP contribution in [0.1, 0.15) is 63.2 Å². The van der Waals surface area contributed by atoms with E-state index in [1.165, 1.54) is 21.1 Å². The van der Waals surface area contributed by atoms with Crippen LogP contribution in [0.3, 0.4) is 0 Å². The molecule has 5 rings (SSSR count). The van der Waals surface area contributed by atoms with Crippen molar-refractivity contribution in [1.82, 2.24) is 19.7 Å². The van der Waals surface area contributed by atoms with E-state index in [0.717, 1.165) is 37.1 Å². The average Bonchev–Trinajstić information content (AvgIpc) is 3.43. The minimum absolute atomic E-state index is 0.0645. The minimum Gasteiger partial charge on any atom is -0.465 e. The first-order valence-corrected chi connectivity index (χ1v) is 14.7. The second-order valence-corrected chi connectivity index (χ2v) is 13.2. The number of rotatable bonds is 4. The molecule has 10 nitrogen and oxygen atoms in total. The number of nitrogens with zero attached hydrogens (tertiary/aromatic N) is 5. The third-order valence-corrected chi connectivity index (χ3v) is 9.56. The second-order valence-electron chi connectivity index (χ2n) is 12.1. The molecule has 3 fully saturated rings. The first-order chi connectivity index (χ1) is 18.9. The van der Waals surface area contributed by atoms with Crippen LogP contribution in [0.25, 0.3) is 10.6 Å². The SMILES string of the molecule is CN1C(=O)CC2(CCCN(C3CCN(C(=O)c4cc(-c5ccccn5)sc4N(C(=O)O)C(C)(C)C)CC3)C2)C1=O. The normalized spacial score (nSPS) is 22.8. The number of carbonyl (C=O) groups excluding carboxylic acids is 3. The van der Waals surface area contributed by atoms with E-state index >= 15 is 0 Å². The number of carbonyl (C=O) groups is 4. The highest BCUT2D eigenvalue weighted by atomic mass is 32.1. The predicted octanol–water partition coefficient (Wildman–Crippen LogP) is 4.17. The summed E-state index contributed by atoms with van der Waals surface area (Å²) in [4.78, 5) is 63.3. The van der Waals surface area contributed by atoms with Crippen molar-refractivity contribution < 1.29 is 24.3 Å². The number of hydrogen-bond donors (Lipinski definition) is 1. The number of likely N-dealkylation sites (tertiary alicyclic amines) is 3. The summed E-state index contributed by atoms with van der Waals surface area (Å²) in [7, 11) is 1.57. The smallest absolute Gasteiger partial charge is 0.412 e. The summed E-state index contributed by atoms with van der Waals surface area (Å²) in [5.74, 6) is -0.351. The van der Waals surface area contributed by atoms with Crippen LogP contribution in [-0.2, 0) is 9.59 Å². The van der Waals surface area contributed by atoms with Gasteiger partial charge in [-0.3, -0.25) is 34.1 Å². The van der Waals surface area contributed by atoms with Crippen molar-refractivity contribution in [2.75, 3.05) is 38.1 Å². The lowest BCUT2D eigenvalue weighted by atomic mass is 9.77. The van der Waals surface area contributed by atoms with Gasteiger partial charge in [-0.15, -0.1) is 11.3 Å². The van der Waals surface area contributed by atoms with Crippen LogP contribution in [-0.4, -0.2) is 93.4 Å². The number of hydrogen-bond acceptors (Lipinski definition) is 7. The van der Waals surface area contributed by atoms with Crippen molar-refractivity contribution in [1.29, 1.82) is 0 Å². The van der Waals surface area contributed by atoms with Gasteiger partial charge in [-0.1, -0.05) is 6.07 Å². The zero-order valence-corrected chi connectivity index (χ0v) is 24.4. The van der Waals surface area contributed by atoms with Crippen molar-refractivity contribution in [2.45, 2.75) is 64.5 Å². The summed E-state index contributed by atoms with van der Waals surface area (Å²) in [6.45, 7) is 7.98. The van der Waals surface area contributed by atoms with Gasteiger partial charge in [0, 0.05) is 50.9 Å². The van der Waals surface area contributed by atoms with Gasteiger partial charge in [0.2, 0.25) is 11.8 Å². The molecule has 4 amide bonds. The van der Waals surface area contributed by atoms with Crippen LogP contribution in [0.5, 0.6) is 0 Å². The molecule has 0 saturated carbocycles. The molecule has 2 aromatic heterocycles. The van der Waals surface area contributed by atoms with Crippen molar-refractivity contribution in [2.24, 2.45) is 5.41 Å². The highest BCUT2D eigenvalue weighted by Gasteiger charge is 2.52. The first-order valence-electron chi connectivity index (χ1n) is 13.8. The molecule has 2 aromatic rings. The Hall–Kier alpha value is -3.31. The number of aromatic nitrogens is 1. The van der Waals surface area contributed by atoms with E-state index in [4.69, 9.17) is 0 Å². The van der Waals surface area contributed by atoms with Crippen LogP contribution in [0.2, 0.25) is 0 Å². The molecule has 0 radical (unpaired) electrons. The fourth-order valence-electron chi connectivity index (χ4n) is 6.37. The number of imide groups is 1. The number of piperidine rings is 2. The molecule has 1 atom stereocenters. The molecule has 5 heterocycles. The fraction of sp³-hybridized carbons (Fsp3) is 0.552. The summed E-state index contributed by atoms with van der Waals surface area (Å²) in [6.07, 6.45) is 3.98. The van der Waals surface area contributed by atoms with Gasteiger partial charge in [0.1, 0.15) is 5.00 Å². The molecule has 1 N–H and O–H groups in total. The van der Waals surface area contributed by atoms with Gasteiger partial charge >= 0.3 is 6.09 Å². The van der Waals surface area contributed by atoms with Crippen LogP contribution >= 0.6 is 11.3 Å². The Morgan fingerprint density at radius 1 is 1.15 bits per heavy atom. The summed E-state index contributed by atoms with van der Waals surface area (Å²) < 4.78 is 0. The molecule has 0 aliphatic carbocycles. The van der Waals surface area contributed by atoms with Gasteiger partial charge in [0.15, 0.2) is 0 Å². The van der Waals surface area contributed by atoms with Crippen LogP contribution in [0.15, 0.2) is 30.5 Å². The van der Waals surface area contributed by atoms with E-state index in [1.54, 1.807) is 19.3 Å². The molecule has 40 heavy (non-hydrogen) atoms. The monoisotopic (exact) mass is 567 g/mol. The molecule has 3 saturated heterocycles. The third kappa shape index (κ3) is 5.12. The lowest BCUT2D eigenvalue weighted by molar-refractivity contribution is -0.141. The Labute approximate surface area is 238 Å². The number of anilines is 1. The molecule has 3 aliphatic heterocycles. The quantitative estimate of drug-likeness (QED) is 0.552. The highest BCUT2D eigenvalue weighted by molar-refractivity contribution is 7.20. The molecule has 0 aromatic carbocycles. The lowest BCUT2D eigenvalue weighted by Crippen LogP contribution is -2.54. The predicted molar refractivity (Wildman–Crippen MR) is 152 cm³/mol. The first kappa shape index (κ1) is 28.2. The van der Waals surface area contributed by atoms with Gasteiger partial charge in [0.05, 0.1) is 21.5 Å². The molecular formula is C29H37N5O5S. The summed E-state index contributed by atoms with van der Waals surface area (Å²) in [5, 5.41) is 10.5. The van der Waals surface area contributed by atoms with Gasteiger partial charge in [-0.05, 0) is 71.2 Å². The van der Waals surface area contributed by atoms with Crippen molar-refractivity contribution in [3.63, 3.8) is 0 Å². The average molecular weight is 568 g/mol. The van der Waals surface area contributed by atoms with E-state index in [-0.39, 0.29) is 30.2 Å². The molecule has 1 spiro atoms. The Balaban J connectivity index is 1.34. The Morgan fingerprint density at radius 2 is 1.88 bits per heavy atom. The Bertz CT molecular complexity index is 1310. The topological polar surface area (TPSA) is 114 Å². The van der Waals surface area contributed by atoms with Gasteiger partial charge in [0.25, 0.3) is 5.91 Å². The Morgan fingerprint density at radius 3 is 2.45 bits per heavy atom. The molecule has 3 aliphatic rings. The molecular weight excluding hydrogens is 530 g/mol. The van der Waals surface area contributed by atoms with Gasteiger partial charge in [-0.25, -0.2) is 4.79 Å². The molecule has 1 unspecified atom stereocenters. The zero-order valence-electron chi connectivity index (χ0n) is 23.6. The molecule has 11 heteroatoms. The molecule has 214 valence electrons. The van der Waals surface area contributed by atoms with Crippen molar-refractivity contribution in [3.8, 4) is 10.6 Å². The third-order valence-electron chi connectivity index (χ3n) is 8.42. The maximum Gasteiger partial charge on any atom is 0.412 e. The van der Waals surface area contributed by atoms with Crippen LogP contribution < -0.4 is 4.90 Å². The van der Waals surface area contributed by atoms with Gasteiger partial charge in [-0.2, -0.15) is 0 Å². The maximum absolute atomic E-state index is 13.9. The summed E-state index contributed by atoms with van der Waals surface area (Å²) in [6, 6.07) is 7.53. The zero-order chi connectivity index (χ0) is 28.8. The number of carboxylic acid groups (broad SMARTS) is 1. The number of pyridine rings is 1. The second kappa shape index (κ2) is 10.6. The van der Waals surface area contributed by atoms with E-state index in [2.05, 4.69) is 9.88 Å². The van der Waals surface area contributed by atoms with Crippen LogP contribution in [0.4, 0.5) is 9.80 Å². The Kier molecular flexibility index (Phi) is 7.47. The largest absolute Gasteiger partial charge is 0.465 e. The number of thiophene rings is 1. The van der Waals surface area contributed by atoms with Crippen LogP contribution in [0, 0.1) is 5.41 Å². The standard InChI is InChI=1S/C29H37N5O5S/c1-28(2,3)34(27(38)39)25-20(16-22(40-25)21-8-5-6-12-30-21)24(36)32-14-9-19(10-15-32)33-13-7-11-29(18-33)17-23(35)31(4)26(29)37/h5-6,8,12,16,19H,7,9-11,13-15,17-18H2,1-4H3,(H,38,39). The van der Waals surface area contributed by atoms with E-state index in [9.17, 15) is 24.3 Å². The summed E-state index contributed by atoms with van der Waals surface area (Å²) in [5.41, 5.74) is -0.304. The van der Waals surface area contributed by atoms with Gasteiger partial charge < -0.3 is 10.0 Å². The lowest BCUT2D eigenvalue weighted by Gasteiger charge is -2.45. The highest BCUT2D eigenvalue weighted by Crippen LogP contribution is 2.43. The maximum atomic E-state index is 13.9. The van der Waals surface area contributed by atoms with Crippen molar-refractivity contribution in [3.05, 3.63) is 36.0 Å². The van der Waals surface area contributed by atoms with E-state index in [1.807, 2.05) is 43.9 Å². The van der Waals surface area contributed by atoms with E-state index in [0.29, 0.717) is 35.9 Å². The molecule has 0 bridgehead atoms. The van der Waals surface area contributed by atoms with E-state index < -0.39 is 17.0 Å². The summed E-state index contributed by atoms with van der Waals surface area (Å²) >= 11 is 1.27. The minimum atomic E-state index is -1.11.